The quantitative estimate of drug-likeness (QED) is 0.687. The fourth-order valence-corrected chi connectivity index (χ4v) is 1.67. The Kier molecular flexibility index (Phi) is 2.98. The Labute approximate surface area is 109 Å². The normalized spacial score (nSPS) is 11.8. The summed E-state index contributed by atoms with van der Waals surface area (Å²) in [5, 5.41) is 0.222. The van der Waals surface area contributed by atoms with Crippen LogP contribution in [0.25, 0.3) is 11.2 Å². The summed E-state index contributed by atoms with van der Waals surface area (Å²) < 4.78 is 6.47. The lowest BCUT2D eigenvalue weighted by Gasteiger charge is -2.19. The zero-order valence-electron chi connectivity index (χ0n) is 10.6. The van der Waals surface area contributed by atoms with Gasteiger partial charge in [0.25, 0.3) is 0 Å². The predicted octanol–water partition coefficient (Wildman–Crippen LogP) is 2.57. The predicted molar refractivity (Wildman–Crippen MR) is 66.7 cm³/mol. The summed E-state index contributed by atoms with van der Waals surface area (Å²) in [6.07, 6.45) is 0.790. The first-order chi connectivity index (χ1) is 8.28. The van der Waals surface area contributed by atoms with Crippen molar-refractivity contribution >= 4 is 28.9 Å². The Morgan fingerprint density at radius 2 is 2.06 bits per heavy atom. The van der Waals surface area contributed by atoms with Gasteiger partial charge in [-0.25, -0.2) is 24.3 Å². The molecule has 96 valence electrons. The van der Waals surface area contributed by atoms with Gasteiger partial charge in [-0.2, -0.15) is 0 Å². The SMILES string of the molecule is Cc1nc(Cl)c2ncn(C(=O)OC(C)(C)C)c2n1. The van der Waals surface area contributed by atoms with Gasteiger partial charge in [-0.1, -0.05) is 11.6 Å². The van der Waals surface area contributed by atoms with E-state index in [9.17, 15) is 4.79 Å². The van der Waals surface area contributed by atoms with Crippen LogP contribution in [0.15, 0.2) is 6.33 Å². The fourth-order valence-electron chi connectivity index (χ4n) is 1.41. The van der Waals surface area contributed by atoms with E-state index >= 15 is 0 Å². The summed E-state index contributed by atoms with van der Waals surface area (Å²) in [6.45, 7) is 7.06. The molecule has 0 atom stereocenters. The summed E-state index contributed by atoms with van der Waals surface area (Å²) in [7, 11) is 0. The van der Waals surface area contributed by atoms with Gasteiger partial charge < -0.3 is 4.74 Å². The first-order valence-electron chi connectivity index (χ1n) is 5.38. The van der Waals surface area contributed by atoms with E-state index in [1.807, 2.05) is 0 Å². The number of carbonyl (C=O) groups excluding carboxylic acids is 1. The van der Waals surface area contributed by atoms with Crippen molar-refractivity contribution in [2.24, 2.45) is 0 Å². The van der Waals surface area contributed by atoms with Crippen molar-refractivity contribution in [1.82, 2.24) is 19.5 Å². The number of aromatic nitrogens is 4. The number of hydrogen-bond donors (Lipinski definition) is 0. The third-order valence-corrected chi connectivity index (χ3v) is 2.32. The van der Waals surface area contributed by atoms with Crippen LogP contribution >= 0.6 is 11.6 Å². The summed E-state index contributed by atoms with van der Waals surface area (Å²) in [6, 6.07) is 0. The van der Waals surface area contributed by atoms with Gasteiger partial charge >= 0.3 is 6.09 Å². The Bertz CT molecular complexity index is 615. The molecule has 0 aliphatic heterocycles. The molecule has 0 aliphatic carbocycles. The summed E-state index contributed by atoms with van der Waals surface area (Å²) in [5.74, 6) is 0.470. The number of aryl methyl sites for hydroxylation is 1. The van der Waals surface area contributed by atoms with E-state index in [-0.39, 0.29) is 5.15 Å². The van der Waals surface area contributed by atoms with E-state index in [0.717, 1.165) is 0 Å². The van der Waals surface area contributed by atoms with Crippen LogP contribution in [0, 0.1) is 6.92 Å². The molecular weight excluding hydrogens is 256 g/mol. The molecule has 2 rings (SSSR count). The highest BCUT2D eigenvalue weighted by Gasteiger charge is 2.21. The van der Waals surface area contributed by atoms with Crippen LogP contribution in [0.5, 0.6) is 0 Å². The van der Waals surface area contributed by atoms with Crippen LogP contribution in [0.1, 0.15) is 26.6 Å². The molecule has 0 aromatic carbocycles. The molecule has 0 aliphatic rings. The Morgan fingerprint density at radius 3 is 2.67 bits per heavy atom. The molecule has 0 radical (unpaired) electrons. The maximum Gasteiger partial charge on any atom is 0.421 e. The lowest BCUT2D eigenvalue weighted by Crippen LogP contribution is -2.27. The van der Waals surface area contributed by atoms with E-state index in [1.165, 1.54) is 10.9 Å². The molecule has 7 heteroatoms. The van der Waals surface area contributed by atoms with Gasteiger partial charge in [0, 0.05) is 0 Å². The minimum atomic E-state index is -0.584. The monoisotopic (exact) mass is 268 g/mol. The van der Waals surface area contributed by atoms with Crippen LogP contribution < -0.4 is 0 Å². The lowest BCUT2D eigenvalue weighted by molar-refractivity contribution is 0.0543. The number of halogens is 1. The zero-order chi connectivity index (χ0) is 13.5. The minimum Gasteiger partial charge on any atom is -0.443 e. The number of nitrogens with zero attached hydrogens (tertiary/aromatic N) is 4. The minimum absolute atomic E-state index is 0.222. The van der Waals surface area contributed by atoms with Crippen molar-refractivity contribution in [3.63, 3.8) is 0 Å². The molecule has 2 heterocycles. The average Bonchev–Trinajstić information content (AvgIpc) is 2.58. The van der Waals surface area contributed by atoms with Crippen molar-refractivity contribution in [3.8, 4) is 0 Å². The second-order valence-corrected chi connectivity index (χ2v) is 5.19. The molecule has 0 saturated carbocycles. The van der Waals surface area contributed by atoms with Gasteiger partial charge in [0.15, 0.2) is 10.8 Å². The van der Waals surface area contributed by atoms with Crippen LogP contribution in [0.2, 0.25) is 5.15 Å². The van der Waals surface area contributed by atoms with Gasteiger partial charge in [0.1, 0.15) is 23.3 Å². The van der Waals surface area contributed by atoms with Crippen LogP contribution in [0.4, 0.5) is 4.79 Å². The molecule has 2 aromatic rings. The largest absolute Gasteiger partial charge is 0.443 e. The van der Waals surface area contributed by atoms with Gasteiger partial charge in [-0.3, -0.25) is 0 Å². The smallest absolute Gasteiger partial charge is 0.421 e. The molecule has 6 nitrogen and oxygen atoms in total. The molecule has 0 saturated heterocycles. The van der Waals surface area contributed by atoms with Crippen molar-refractivity contribution < 1.29 is 9.53 Å². The lowest BCUT2D eigenvalue weighted by atomic mass is 10.2. The highest BCUT2D eigenvalue weighted by Crippen LogP contribution is 2.19. The fraction of sp³-hybridized carbons (Fsp3) is 0.455. The van der Waals surface area contributed by atoms with E-state index < -0.39 is 11.7 Å². The molecule has 2 aromatic heterocycles. The van der Waals surface area contributed by atoms with Crippen molar-refractivity contribution in [2.45, 2.75) is 33.3 Å². The highest BCUT2D eigenvalue weighted by molar-refractivity contribution is 6.33. The van der Waals surface area contributed by atoms with Crippen LogP contribution in [-0.2, 0) is 4.74 Å². The second kappa shape index (κ2) is 4.20. The molecule has 0 unspecified atom stereocenters. The molecule has 18 heavy (non-hydrogen) atoms. The van der Waals surface area contributed by atoms with Crippen molar-refractivity contribution in [3.05, 3.63) is 17.3 Å². The third-order valence-electron chi connectivity index (χ3n) is 2.06. The number of fused-ring (bicyclic) bond motifs is 1. The van der Waals surface area contributed by atoms with Gasteiger partial charge in [0.2, 0.25) is 0 Å². The maximum atomic E-state index is 12.0. The summed E-state index contributed by atoms with van der Waals surface area (Å²) >= 11 is 5.93. The van der Waals surface area contributed by atoms with E-state index in [0.29, 0.717) is 17.0 Å². The first kappa shape index (κ1) is 12.8. The molecule has 0 fully saturated rings. The first-order valence-corrected chi connectivity index (χ1v) is 5.76. The van der Waals surface area contributed by atoms with Crippen LogP contribution in [-0.4, -0.2) is 31.2 Å². The maximum absolute atomic E-state index is 12.0. The summed E-state index contributed by atoms with van der Waals surface area (Å²) in [4.78, 5) is 24.1. The van der Waals surface area contributed by atoms with Crippen molar-refractivity contribution in [2.75, 3.05) is 0 Å². The Balaban J connectivity index is 2.49. The van der Waals surface area contributed by atoms with Gasteiger partial charge in [0.05, 0.1) is 0 Å². The Morgan fingerprint density at radius 1 is 1.39 bits per heavy atom. The number of hydrogen-bond acceptors (Lipinski definition) is 5. The number of rotatable bonds is 0. The molecular formula is C11H13ClN4O2. The van der Waals surface area contributed by atoms with E-state index in [4.69, 9.17) is 16.3 Å². The topological polar surface area (TPSA) is 69.9 Å². The number of imidazole rings is 1. The van der Waals surface area contributed by atoms with Gasteiger partial charge in [-0.05, 0) is 27.7 Å². The van der Waals surface area contributed by atoms with E-state index in [2.05, 4.69) is 15.0 Å². The van der Waals surface area contributed by atoms with Crippen molar-refractivity contribution in [1.29, 1.82) is 0 Å². The number of ether oxygens (including phenoxy) is 1. The zero-order valence-corrected chi connectivity index (χ0v) is 11.3. The standard InChI is InChI=1S/C11H13ClN4O2/c1-6-14-8(12)7-9(15-6)16(5-13-7)10(17)18-11(2,3)4/h5H,1-4H3. The highest BCUT2D eigenvalue weighted by atomic mass is 35.5. The average molecular weight is 269 g/mol. The second-order valence-electron chi connectivity index (χ2n) is 4.83. The third kappa shape index (κ3) is 2.43. The summed E-state index contributed by atoms with van der Waals surface area (Å²) in [5.41, 5.74) is 0.148. The van der Waals surface area contributed by atoms with Crippen LogP contribution in [0.3, 0.4) is 0 Å². The number of carbonyl (C=O) groups is 1. The molecule has 0 bridgehead atoms. The van der Waals surface area contributed by atoms with E-state index in [1.54, 1.807) is 27.7 Å². The molecule has 0 N–H and O–H groups in total. The Hall–Kier alpha value is -1.69. The molecule has 0 amide bonds. The molecule has 0 spiro atoms. The van der Waals surface area contributed by atoms with Gasteiger partial charge in [-0.15, -0.1) is 0 Å².